The van der Waals surface area contributed by atoms with E-state index in [1.165, 1.54) is 0 Å². The molecule has 80 valence electrons. The number of pyridine rings is 2. The molecule has 0 unspecified atom stereocenters. The molecule has 2 heterocycles. The van der Waals surface area contributed by atoms with Gasteiger partial charge in [0.15, 0.2) is 5.75 Å². The first-order valence-electron chi connectivity index (χ1n) is 4.92. The van der Waals surface area contributed by atoms with E-state index in [9.17, 15) is 0 Å². The third-order valence-corrected chi connectivity index (χ3v) is 1.92. The van der Waals surface area contributed by atoms with Gasteiger partial charge in [-0.15, -0.1) is 0 Å². The molecule has 0 atom stereocenters. The van der Waals surface area contributed by atoms with Crippen LogP contribution in [0.15, 0.2) is 47.9 Å². The largest absolute Gasteiger partial charge is 0.357 e. The van der Waals surface area contributed by atoms with Crippen LogP contribution in [0.3, 0.4) is 0 Å². The van der Waals surface area contributed by atoms with E-state index in [4.69, 9.17) is 4.84 Å². The Morgan fingerprint density at radius 3 is 2.75 bits per heavy atom. The molecule has 0 N–H and O–H groups in total. The normalized spacial score (nSPS) is 10.6. The average molecular weight is 213 g/mol. The molecule has 0 spiro atoms. The third kappa shape index (κ3) is 2.42. The van der Waals surface area contributed by atoms with Gasteiger partial charge in [-0.25, -0.2) is 0 Å². The molecular weight excluding hydrogens is 202 g/mol. The van der Waals surface area contributed by atoms with Gasteiger partial charge in [0.1, 0.15) is 0 Å². The van der Waals surface area contributed by atoms with E-state index in [0.717, 1.165) is 11.4 Å². The third-order valence-electron chi connectivity index (χ3n) is 1.92. The van der Waals surface area contributed by atoms with Crippen LogP contribution >= 0.6 is 0 Å². The Kier molecular flexibility index (Phi) is 3.23. The summed E-state index contributed by atoms with van der Waals surface area (Å²) in [4.78, 5) is 13.6. The van der Waals surface area contributed by atoms with Gasteiger partial charge in [-0.3, -0.25) is 9.97 Å². The first kappa shape index (κ1) is 10.3. The van der Waals surface area contributed by atoms with Crippen LogP contribution in [0.2, 0.25) is 0 Å². The van der Waals surface area contributed by atoms with Crippen molar-refractivity contribution >= 4 is 6.21 Å². The van der Waals surface area contributed by atoms with Crippen LogP contribution in [0.1, 0.15) is 6.92 Å². The maximum atomic E-state index is 5.12. The summed E-state index contributed by atoms with van der Waals surface area (Å²) in [6.45, 7) is 1.79. The van der Waals surface area contributed by atoms with Gasteiger partial charge in [-0.05, 0) is 19.1 Å². The molecule has 2 aromatic rings. The molecule has 0 saturated heterocycles. The minimum Gasteiger partial charge on any atom is -0.357 e. The van der Waals surface area contributed by atoms with E-state index in [1.54, 1.807) is 37.7 Å². The maximum Gasteiger partial charge on any atom is 0.161 e. The van der Waals surface area contributed by atoms with Crippen molar-refractivity contribution in [3.8, 4) is 17.1 Å². The van der Waals surface area contributed by atoms with Crippen LogP contribution < -0.4 is 4.84 Å². The number of nitrogens with zero attached hydrogens (tertiary/aromatic N) is 3. The summed E-state index contributed by atoms with van der Waals surface area (Å²) in [7, 11) is 0. The molecule has 0 aliphatic rings. The van der Waals surface area contributed by atoms with E-state index in [1.807, 2.05) is 18.2 Å². The molecule has 0 radical (unpaired) electrons. The molecule has 0 aliphatic heterocycles. The zero-order chi connectivity index (χ0) is 11.2. The number of oxime groups is 1. The number of hydrogen-bond donors (Lipinski definition) is 0. The first-order chi connectivity index (χ1) is 7.90. The van der Waals surface area contributed by atoms with Crippen molar-refractivity contribution < 1.29 is 4.84 Å². The standard InChI is InChI=1S/C12H11N3O/c1-2-15-16-10-6-8-14-12(9-10)11-5-3-4-7-13-11/h2-9H,1H3/b15-2-. The monoisotopic (exact) mass is 213 g/mol. The molecule has 0 bridgehead atoms. The Morgan fingerprint density at radius 2 is 2.00 bits per heavy atom. The molecular formula is C12H11N3O. The van der Waals surface area contributed by atoms with E-state index < -0.39 is 0 Å². The summed E-state index contributed by atoms with van der Waals surface area (Å²) in [5, 5.41) is 3.70. The Bertz CT molecular complexity index is 483. The quantitative estimate of drug-likeness (QED) is 0.581. The number of aromatic nitrogens is 2. The molecule has 16 heavy (non-hydrogen) atoms. The van der Waals surface area contributed by atoms with Crippen molar-refractivity contribution in [3.63, 3.8) is 0 Å². The Balaban J connectivity index is 2.29. The molecule has 0 saturated carbocycles. The summed E-state index contributed by atoms with van der Waals surface area (Å²) >= 11 is 0. The molecule has 0 fully saturated rings. The topological polar surface area (TPSA) is 47.4 Å². The van der Waals surface area contributed by atoms with Crippen LogP contribution in [0.25, 0.3) is 11.4 Å². The second-order valence-corrected chi connectivity index (χ2v) is 3.05. The van der Waals surface area contributed by atoms with E-state index in [-0.39, 0.29) is 0 Å². The van der Waals surface area contributed by atoms with E-state index in [2.05, 4.69) is 15.1 Å². The lowest BCUT2D eigenvalue weighted by Gasteiger charge is -2.01. The van der Waals surface area contributed by atoms with E-state index >= 15 is 0 Å². The molecule has 2 aromatic heterocycles. The number of hydrogen-bond acceptors (Lipinski definition) is 4. The highest BCUT2D eigenvalue weighted by Gasteiger charge is 2.01. The van der Waals surface area contributed by atoms with Crippen molar-refractivity contribution in [1.82, 2.24) is 9.97 Å². The van der Waals surface area contributed by atoms with Gasteiger partial charge in [0, 0.05) is 30.7 Å². The molecule has 0 aromatic carbocycles. The van der Waals surface area contributed by atoms with Crippen LogP contribution in [-0.2, 0) is 0 Å². The SMILES string of the molecule is C/C=N\Oc1ccnc(-c2ccccn2)c1. The minimum absolute atomic E-state index is 0.647. The summed E-state index contributed by atoms with van der Waals surface area (Å²) < 4.78 is 0. The predicted molar refractivity (Wildman–Crippen MR) is 62.3 cm³/mol. The van der Waals surface area contributed by atoms with Crippen molar-refractivity contribution in [2.75, 3.05) is 0 Å². The van der Waals surface area contributed by atoms with Gasteiger partial charge < -0.3 is 4.84 Å². The van der Waals surface area contributed by atoms with Gasteiger partial charge in [0.2, 0.25) is 0 Å². The zero-order valence-corrected chi connectivity index (χ0v) is 8.87. The van der Waals surface area contributed by atoms with Gasteiger partial charge in [0.05, 0.1) is 11.4 Å². The summed E-state index contributed by atoms with van der Waals surface area (Å²) in [6, 6.07) is 9.23. The van der Waals surface area contributed by atoms with Crippen LogP contribution in [0.5, 0.6) is 5.75 Å². The molecule has 4 nitrogen and oxygen atoms in total. The lowest BCUT2D eigenvalue weighted by molar-refractivity contribution is 0.343. The lowest BCUT2D eigenvalue weighted by Crippen LogP contribution is -1.88. The van der Waals surface area contributed by atoms with Crippen molar-refractivity contribution in [3.05, 3.63) is 42.7 Å². The molecule has 0 amide bonds. The highest BCUT2D eigenvalue weighted by Crippen LogP contribution is 2.19. The van der Waals surface area contributed by atoms with Crippen molar-refractivity contribution in [2.45, 2.75) is 6.92 Å². The van der Waals surface area contributed by atoms with Crippen LogP contribution in [0.4, 0.5) is 0 Å². The van der Waals surface area contributed by atoms with Crippen molar-refractivity contribution in [2.24, 2.45) is 5.16 Å². The van der Waals surface area contributed by atoms with Crippen LogP contribution in [0, 0.1) is 0 Å². The smallest absolute Gasteiger partial charge is 0.161 e. The van der Waals surface area contributed by atoms with Gasteiger partial charge in [-0.2, -0.15) is 0 Å². The molecule has 2 rings (SSSR count). The summed E-state index contributed by atoms with van der Waals surface area (Å²) in [5.41, 5.74) is 1.58. The highest BCUT2D eigenvalue weighted by atomic mass is 16.6. The Hall–Kier alpha value is -2.23. The summed E-state index contributed by atoms with van der Waals surface area (Å²) in [5.74, 6) is 0.647. The predicted octanol–water partition coefficient (Wildman–Crippen LogP) is 2.53. The van der Waals surface area contributed by atoms with Crippen LogP contribution in [-0.4, -0.2) is 16.2 Å². The fourth-order valence-electron chi connectivity index (χ4n) is 1.24. The zero-order valence-electron chi connectivity index (χ0n) is 8.87. The second kappa shape index (κ2) is 5.02. The van der Waals surface area contributed by atoms with Gasteiger partial charge in [0.25, 0.3) is 0 Å². The Labute approximate surface area is 93.6 Å². The number of rotatable bonds is 3. The Morgan fingerprint density at radius 1 is 1.12 bits per heavy atom. The fraction of sp³-hybridized carbons (Fsp3) is 0.0833. The maximum absolute atomic E-state index is 5.12. The highest BCUT2D eigenvalue weighted by molar-refractivity contribution is 5.56. The van der Waals surface area contributed by atoms with E-state index in [0.29, 0.717) is 5.75 Å². The minimum atomic E-state index is 0.647. The summed E-state index contributed by atoms with van der Waals surface area (Å²) in [6.07, 6.45) is 4.99. The van der Waals surface area contributed by atoms with Gasteiger partial charge >= 0.3 is 0 Å². The average Bonchev–Trinajstić information content (AvgIpc) is 2.38. The first-order valence-corrected chi connectivity index (χ1v) is 4.92. The fourth-order valence-corrected chi connectivity index (χ4v) is 1.24. The lowest BCUT2D eigenvalue weighted by atomic mass is 10.2. The van der Waals surface area contributed by atoms with Gasteiger partial charge in [-0.1, -0.05) is 11.2 Å². The second-order valence-electron chi connectivity index (χ2n) is 3.05. The van der Waals surface area contributed by atoms with Crippen molar-refractivity contribution in [1.29, 1.82) is 0 Å². The molecule has 4 heteroatoms. The molecule has 0 aliphatic carbocycles.